The molecule has 0 atom stereocenters. The molecule has 148 valence electrons. The van der Waals surface area contributed by atoms with Gasteiger partial charge in [-0.25, -0.2) is 0 Å². The number of methoxy groups -OCH3 is 1. The van der Waals surface area contributed by atoms with E-state index in [0.29, 0.717) is 18.0 Å². The topological polar surface area (TPSA) is 67.4 Å². The normalized spacial score (nSPS) is 18.9. The van der Waals surface area contributed by atoms with Crippen LogP contribution in [0.2, 0.25) is 0 Å². The third-order valence-corrected chi connectivity index (χ3v) is 5.55. The minimum Gasteiger partial charge on any atom is -0.495 e. The minimum atomic E-state index is -0.0645. The van der Waals surface area contributed by atoms with Gasteiger partial charge in [0, 0.05) is 18.4 Å². The maximum Gasteiger partial charge on any atom is 0.227 e. The molecule has 5 heteroatoms. The Balaban J connectivity index is 1.47. The van der Waals surface area contributed by atoms with Gasteiger partial charge in [0.05, 0.1) is 12.8 Å². The minimum absolute atomic E-state index is 0.00303. The molecule has 2 amide bonds. The van der Waals surface area contributed by atoms with Crippen LogP contribution in [-0.2, 0) is 16.1 Å². The molecule has 28 heavy (non-hydrogen) atoms. The number of hydrogen-bond acceptors (Lipinski definition) is 3. The van der Waals surface area contributed by atoms with E-state index in [1.807, 2.05) is 55.5 Å². The van der Waals surface area contributed by atoms with E-state index < -0.39 is 0 Å². The number of nitrogens with one attached hydrogen (secondary N) is 2. The molecular formula is C23H28N2O3. The number of hydrogen-bond donors (Lipinski definition) is 2. The van der Waals surface area contributed by atoms with Crippen LogP contribution in [0.25, 0.3) is 0 Å². The van der Waals surface area contributed by atoms with Gasteiger partial charge in [-0.2, -0.15) is 0 Å². The summed E-state index contributed by atoms with van der Waals surface area (Å²) in [5.41, 5.74) is 3.01. The van der Waals surface area contributed by atoms with Crippen LogP contribution in [0.5, 0.6) is 5.75 Å². The molecule has 0 saturated heterocycles. The summed E-state index contributed by atoms with van der Waals surface area (Å²) >= 11 is 0. The van der Waals surface area contributed by atoms with Gasteiger partial charge in [-0.15, -0.1) is 0 Å². The van der Waals surface area contributed by atoms with Gasteiger partial charge in [0.25, 0.3) is 0 Å². The van der Waals surface area contributed by atoms with Crippen LogP contribution in [-0.4, -0.2) is 18.9 Å². The number of amides is 2. The van der Waals surface area contributed by atoms with Crippen molar-refractivity contribution in [2.45, 2.75) is 39.2 Å². The quantitative estimate of drug-likeness (QED) is 0.794. The lowest BCUT2D eigenvalue weighted by Crippen LogP contribution is -2.35. The van der Waals surface area contributed by atoms with Gasteiger partial charge in [-0.1, -0.05) is 36.4 Å². The smallest absolute Gasteiger partial charge is 0.227 e. The van der Waals surface area contributed by atoms with Crippen molar-refractivity contribution in [3.05, 3.63) is 59.7 Å². The van der Waals surface area contributed by atoms with Gasteiger partial charge >= 0.3 is 0 Å². The Morgan fingerprint density at radius 1 is 0.929 bits per heavy atom. The van der Waals surface area contributed by atoms with E-state index >= 15 is 0 Å². The molecule has 0 radical (unpaired) electrons. The predicted molar refractivity (Wildman–Crippen MR) is 110 cm³/mol. The second-order valence-corrected chi connectivity index (χ2v) is 7.38. The van der Waals surface area contributed by atoms with E-state index in [1.54, 1.807) is 7.11 Å². The first-order chi connectivity index (χ1) is 13.6. The number of benzene rings is 2. The zero-order valence-corrected chi connectivity index (χ0v) is 16.5. The highest BCUT2D eigenvalue weighted by Crippen LogP contribution is 2.31. The average molecular weight is 380 g/mol. The fourth-order valence-corrected chi connectivity index (χ4v) is 3.74. The second-order valence-electron chi connectivity index (χ2n) is 7.38. The SMILES string of the molecule is COc1ccccc1NC(=O)C1CCC(C(=O)NCc2ccccc2C)CC1. The molecule has 0 unspecified atom stereocenters. The van der Waals surface area contributed by atoms with Crippen molar-refractivity contribution in [2.75, 3.05) is 12.4 Å². The van der Waals surface area contributed by atoms with Gasteiger partial charge in [0.15, 0.2) is 0 Å². The zero-order valence-electron chi connectivity index (χ0n) is 16.5. The maximum absolute atomic E-state index is 12.6. The molecular weight excluding hydrogens is 352 g/mol. The average Bonchev–Trinajstić information content (AvgIpc) is 2.73. The van der Waals surface area contributed by atoms with Crippen molar-refractivity contribution < 1.29 is 14.3 Å². The predicted octanol–water partition coefficient (Wildman–Crippen LogP) is 4.06. The molecule has 1 saturated carbocycles. The summed E-state index contributed by atoms with van der Waals surface area (Å²) in [5.74, 6) is 0.667. The summed E-state index contributed by atoms with van der Waals surface area (Å²) in [7, 11) is 1.59. The lowest BCUT2D eigenvalue weighted by molar-refractivity contribution is -0.128. The van der Waals surface area contributed by atoms with Crippen molar-refractivity contribution in [1.82, 2.24) is 5.32 Å². The van der Waals surface area contributed by atoms with E-state index in [2.05, 4.69) is 10.6 Å². The maximum atomic E-state index is 12.6. The van der Waals surface area contributed by atoms with Gasteiger partial charge in [-0.05, 0) is 55.9 Å². The summed E-state index contributed by atoms with van der Waals surface area (Å²) in [6.07, 6.45) is 2.93. The first-order valence-electron chi connectivity index (χ1n) is 9.84. The van der Waals surface area contributed by atoms with Crippen LogP contribution in [0.3, 0.4) is 0 Å². The van der Waals surface area contributed by atoms with Crippen LogP contribution in [0.1, 0.15) is 36.8 Å². The van der Waals surface area contributed by atoms with Crippen molar-refractivity contribution in [2.24, 2.45) is 11.8 Å². The van der Waals surface area contributed by atoms with Crippen LogP contribution in [0, 0.1) is 18.8 Å². The molecule has 1 fully saturated rings. The van der Waals surface area contributed by atoms with E-state index in [9.17, 15) is 9.59 Å². The molecule has 5 nitrogen and oxygen atoms in total. The molecule has 2 N–H and O–H groups in total. The first-order valence-corrected chi connectivity index (χ1v) is 9.84. The van der Waals surface area contributed by atoms with E-state index in [4.69, 9.17) is 4.74 Å². The molecule has 2 aromatic carbocycles. The monoisotopic (exact) mass is 380 g/mol. The Labute approximate surface area is 166 Å². The Bertz CT molecular complexity index is 826. The van der Waals surface area contributed by atoms with Crippen molar-refractivity contribution in [1.29, 1.82) is 0 Å². The van der Waals surface area contributed by atoms with Crippen LogP contribution < -0.4 is 15.4 Å². The fourth-order valence-electron chi connectivity index (χ4n) is 3.74. The first kappa shape index (κ1) is 19.9. The number of carbonyl (C=O) groups excluding carboxylic acids is 2. The summed E-state index contributed by atoms with van der Waals surface area (Å²) in [6.45, 7) is 2.60. The van der Waals surface area contributed by atoms with E-state index in [0.717, 1.165) is 31.2 Å². The Kier molecular flexibility index (Phi) is 6.69. The largest absolute Gasteiger partial charge is 0.495 e. The number of ether oxygens (including phenoxy) is 1. The highest BCUT2D eigenvalue weighted by molar-refractivity contribution is 5.94. The number of para-hydroxylation sites is 2. The third kappa shape index (κ3) is 4.91. The zero-order chi connectivity index (χ0) is 19.9. The fraction of sp³-hybridized carbons (Fsp3) is 0.391. The summed E-state index contributed by atoms with van der Waals surface area (Å²) in [4.78, 5) is 25.1. The second kappa shape index (κ2) is 9.40. The molecule has 0 bridgehead atoms. The Morgan fingerprint density at radius 3 is 2.21 bits per heavy atom. The molecule has 1 aliphatic carbocycles. The number of aryl methyl sites for hydroxylation is 1. The standard InChI is InChI=1S/C23H28N2O3/c1-16-7-3-4-8-19(16)15-24-22(26)17-11-13-18(14-12-17)23(27)25-20-9-5-6-10-21(20)28-2/h3-10,17-18H,11-15H2,1-2H3,(H,24,26)(H,25,27). The van der Waals surface area contributed by atoms with E-state index in [1.165, 1.54) is 5.56 Å². The number of rotatable bonds is 6. The number of carbonyl (C=O) groups is 2. The van der Waals surface area contributed by atoms with Crippen LogP contribution in [0.4, 0.5) is 5.69 Å². The van der Waals surface area contributed by atoms with Crippen molar-refractivity contribution >= 4 is 17.5 Å². The van der Waals surface area contributed by atoms with Gasteiger partial charge in [-0.3, -0.25) is 9.59 Å². The Hall–Kier alpha value is -2.82. The highest BCUT2D eigenvalue weighted by Gasteiger charge is 2.30. The molecule has 0 aliphatic heterocycles. The summed E-state index contributed by atoms with van der Waals surface area (Å²) < 4.78 is 5.29. The molecule has 3 rings (SSSR count). The lowest BCUT2D eigenvalue weighted by atomic mass is 9.81. The number of anilines is 1. The molecule has 0 aromatic heterocycles. The third-order valence-electron chi connectivity index (χ3n) is 5.55. The molecule has 0 heterocycles. The summed E-state index contributed by atoms with van der Waals surface area (Å²) in [6, 6.07) is 15.5. The molecule has 2 aromatic rings. The van der Waals surface area contributed by atoms with Crippen LogP contribution in [0.15, 0.2) is 48.5 Å². The Morgan fingerprint density at radius 2 is 1.54 bits per heavy atom. The van der Waals surface area contributed by atoms with Crippen molar-refractivity contribution in [3.63, 3.8) is 0 Å². The molecule has 1 aliphatic rings. The lowest BCUT2D eigenvalue weighted by Gasteiger charge is -2.27. The van der Waals surface area contributed by atoms with Gasteiger partial charge in [0.1, 0.15) is 5.75 Å². The summed E-state index contributed by atoms with van der Waals surface area (Å²) in [5, 5.41) is 6.02. The van der Waals surface area contributed by atoms with E-state index in [-0.39, 0.29) is 23.7 Å². The highest BCUT2D eigenvalue weighted by atomic mass is 16.5. The molecule has 0 spiro atoms. The van der Waals surface area contributed by atoms with Crippen LogP contribution >= 0.6 is 0 Å². The van der Waals surface area contributed by atoms with Gasteiger partial charge < -0.3 is 15.4 Å². The van der Waals surface area contributed by atoms with Crippen molar-refractivity contribution in [3.8, 4) is 5.75 Å². The van der Waals surface area contributed by atoms with Gasteiger partial charge in [0.2, 0.25) is 11.8 Å².